The number of amides is 1. The minimum atomic E-state index is -0.598. The van der Waals surface area contributed by atoms with Crippen LogP contribution in [0.4, 0.5) is 15.0 Å². The number of anilines is 1. The Kier molecular flexibility index (Phi) is 8.40. The van der Waals surface area contributed by atoms with Crippen LogP contribution in [0.2, 0.25) is 0 Å². The van der Waals surface area contributed by atoms with Crippen molar-refractivity contribution in [2.75, 3.05) is 24.6 Å². The number of pyridine rings is 1. The molecule has 1 aliphatic carbocycles. The Balaban J connectivity index is 1.21. The zero-order valence-corrected chi connectivity index (χ0v) is 31.4. The number of carbonyl (C=O) groups excluding carboxylic acids is 1. The molecule has 54 heavy (non-hydrogen) atoms. The van der Waals surface area contributed by atoms with Gasteiger partial charge in [-0.3, -0.25) is 4.98 Å². The lowest BCUT2D eigenvalue weighted by Gasteiger charge is -2.36. The number of piperazine rings is 1. The van der Waals surface area contributed by atoms with Gasteiger partial charge in [0, 0.05) is 53.9 Å². The van der Waals surface area contributed by atoms with Crippen LogP contribution < -0.4 is 9.64 Å². The van der Waals surface area contributed by atoms with Crippen molar-refractivity contribution in [2.45, 2.75) is 109 Å². The van der Waals surface area contributed by atoms with Gasteiger partial charge in [-0.15, -0.1) is 0 Å². The number of ether oxygens (including phenoxy) is 3. The molecule has 4 fully saturated rings. The van der Waals surface area contributed by atoms with E-state index in [0.29, 0.717) is 70.8 Å². The van der Waals surface area contributed by atoms with Crippen LogP contribution >= 0.6 is 0 Å². The molecular weight excluding hydrogens is 689 g/mol. The summed E-state index contributed by atoms with van der Waals surface area (Å²) >= 11 is 0. The Morgan fingerprint density at radius 2 is 1.89 bits per heavy atom. The van der Waals surface area contributed by atoms with Crippen molar-refractivity contribution in [3.63, 3.8) is 0 Å². The molecule has 1 amide bonds. The van der Waals surface area contributed by atoms with Crippen molar-refractivity contribution in [1.29, 1.82) is 0 Å². The van der Waals surface area contributed by atoms with Crippen molar-refractivity contribution < 1.29 is 28.5 Å². The van der Waals surface area contributed by atoms with Gasteiger partial charge in [0.2, 0.25) is 0 Å². The van der Waals surface area contributed by atoms with E-state index in [0.717, 1.165) is 55.0 Å². The van der Waals surface area contributed by atoms with E-state index in [4.69, 9.17) is 29.3 Å². The van der Waals surface area contributed by atoms with Gasteiger partial charge in [-0.25, -0.2) is 13.9 Å². The molecule has 6 heterocycles. The van der Waals surface area contributed by atoms with Crippen molar-refractivity contribution in [3.05, 3.63) is 59.3 Å². The summed E-state index contributed by atoms with van der Waals surface area (Å²) in [6.45, 7) is 11.1. The highest BCUT2D eigenvalue weighted by atomic mass is 19.1. The van der Waals surface area contributed by atoms with Crippen LogP contribution in [0.15, 0.2) is 36.8 Å². The lowest BCUT2D eigenvalue weighted by atomic mass is 9.88. The van der Waals surface area contributed by atoms with E-state index < -0.39 is 5.60 Å². The number of aromatic nitrogens is 5. The summed E-state index contributed by atoms with van der Waals surface area (Å²) in [5, 5.41) is 18.7. The van der Waals surface area contributed by atoms with Gasteiger partial charge in [-0.2, -0.15) is 15.1 Å². The van der Waals surface area contributed by atoms with Crippen LogP contribution in [-0.4, -0.2) is 78.2 Å². The third kappa shape index (κ3) is 5.96. The highest BCUT2D eigenvalue weighted by Gasteiger charge is 2.48. The smallest absolute Gasteiger partial charge is 0.410 e. The number of halogens is 1. The Morgan fingerprint density at radius 1 is 1.06 bits per heavy atom. The molecule has 3 saturated heterocycles. The molecule has 3 atom stereocenters. The highest BCUT2D eigenvalue weighted by Crippen LogP contribution is 2.53. The molecule has 2 bridgehead atoms. The summed E-state index contributed by atoms with van der Waals surface area (Å²) in [6, 6.07) is 5.50. The third-order valence-electron chi connectivity index (χ3n) is 11.3. The highest BCUT2D eigenvalue weighted by molar-refractivity contribution is 6.06. The topological polar surface area (TPSA) is 128 Å². The number of aryl methyl sites for hydroxylation is 1. The predicted molar refractivity (Wildman–Crippen MR) is 202 cm³/mol. The van der Waals surface area contributed by atoms with Gasteiger partial charge < -0.3 is 29.1 Å². The Hall–Kier alpha value is -5.04. The number of nitrogens with zero attached hydrogens (tertiary/aromatic N) is 7. The molecule has 1 unspecified atom stereocenters. The van der Waals surface area contributed by atoms with Gasteiger partial charge in [0.1, 0.15) is 28.5 Å². The molecule has 1 N–H and O–H groups in total. The second-order valence-electron chi connectivity index (χ2n) is 16.2. The Labute approximate surface area is 313 Å². The second-order valence-corrected chi connectivity index (χ2v) is 16.2. The summed E-state index contributed by atoms with van der Waals surface area (Å²) in [7, 11) is 0. The van der Waals surface area contributed by atoms with Gasteiger partial charge in [-0.05, 0) is 107 Å². The molecule has 0 spiro atoms. The number of fused-ring (bicyclic) bond motifs is 4. The van der Waals surface area contributed by atoms with Crippen molar-refractivity contribution in [2.24, 2.45) is 0 Å². The van der Waals surface area contributed by atoms with E-state index in [1.807, 2.05) is 38.7 Å². The van der Waals surface area contributed by atoms with Crippen LogP contribution in [0.25, 0.3) is 32.9 Å². The minimum Gasteiger partial charge on any atom is -0.505 e. The monoisotopic (exact) mass is 735 g/mol. The zero-order chi connectivity index (χ0) is 37.5. The number of benzene rings is 2. The molecule has 0 radical (unpaired) electrons. The first-order valence-corrected chi connectivity index (χ1v) is 19.2. The molecule has 3 aliphatic heterocycles. The maximum atomic E-state index is 16.1. The maximum absolute atomic E-state index is 16.1. The van der Waals surface area contributed by atoms with E-state index in [1.165, 1.54) is 6.07 Å². The lowest BCUT2D eigenvalue weighted by molar-refractivity contribution is -0.0366. The van der Waals surface area contributed by atoms with Crippen LogP contribution in [-0.2, 0) is 15.9 Å². The fourth-order valence-electron chi connectivity index (χ4n) is 8.57. The number of carbonyl (C=O) groups is 1. The number of hydrogen-bond acceptors (Lipinski definition) is 10. The molecule has 13 heteroatoms. The molecular formula is C41H46FN7O5. The summed E-state index contributed by atoms with van der Waals surface area (Å²) < 4.78 is 36.0. The summed E-state index contributed by atoms with van der Waals surface area (Å²) in [5.41, 5.74) is 3.79. The standard InChI is InChI=1S/C41H46FN7O5/c1-6-23-12-13-43-19-32(23)53-39-45-36-28(38(46-39)47-20-26-15-25(47)21-48(26)40(51)54-41(3,4)5)16-27(24-10-11-24)35(37(36)50)34-22(2)30(42)17-31-29(34)18-44-49(31)33-9-7-8-14-52-33/h12-13,16-19,24-26,33,50H,6-11,14-15,20-21H2,1-5H3/t25-,26-,33?/m0/s1. The van der Waals surface area contributed by atoms with E-state index in [-0.39, 0.29) is 47.9 Å². The van der Waals surface area contributed by atoms with Gasteiger partial charge in [-0.1, -0.05) is 6.92 Å². The van der Waals surface area contributed by atoms with Gasteiger partial charge in [0.05, 0.1) is 30.0 Å². The van der Waals surface area contributed by atoms with Crippen LogP contribution in [0.3, 0.4) is 0 Å². The van der Waals surface area contributed by atoms with Crippen LogP contribution in [0.1, 0.15) is 95.1 Å². The molecule has 2 aromatic carbocycles. The quantitative estimate of drug-likeness (QED) is 0.174. The molecule has 3 aromatic heterocycles. The number of hydrogen-bond donors (Lipinski definition) is 1. The third-order valence-corrected chi connectivity index (χ3v) is 11.3. The van der Waals surface area contributed by atoms with E-state index in [9.17, 15) is 9.90 Å². The van der Waals surface area contributed by atoms with Crippen molar-refractivity contribution in [3.8, 4) is 28.6 Å². The lowest BCUT2D eigenvalue weighted by Crippen LogP contribution is -2.50. The van der Waals surface area contributed by atoms with E-state index in [1.54, 1.807) is 30.2 Å². The molecule has 5 aromatic rings. The fraction of sp³-hybridized carbons (Fsp3) is 0.488. The molecule has 12 nitrogen and oxygen atoms in total. The number of phenols is 1. The molecule has 9 rings (SSSR count). The van der Waals surface area contributed by atoms with Crippen molar-refractivity contribution >= 4 is 33.7 Å². The van der Waals surface area contributed by atoms with Gasteiger partial charge in [0.15, 0.2) is 12.0 Å². The Bertz CT molecular complexity index is 2290. The Morgan fingerprint density at radius 3 is 2.59 bits per heavy atom. The number of phenolic OH excluding ortho intramolecular Hbond substituents is 1. The molecule has 1 saturated carbocycles. The number of rotatable bonds is 7. The largest absolute Gasteiger partial charge is 0.505 e. The first-order valence-electron chi connectivity index (χ1n) is 19.2. The molecule has 4 aliphatic rings. The average Bonchev–Trinajstić information content (AvgIpc) is 3.59. The zero-order valence-electron chi connectivity index (χ0n) is 31.4. The van der Waals surface area contributed by atoms with Crippen molar-refractivity contribution in [1.82, 2.24) is 29.6 Å². The SMILES string of the molecule is CCc1ccncc1Oc1nc(N2C[C@@H]3C[C@H]2CN3C(=O)OC(C)(C)C)c2cc(C3CC3)c(-c3c(C)c(F)cc4c3cnn4C3CCCCO3)c(O)c2n1. The summed E-state index contributed by atoms with van der Waals surface area (Å²) in [6.07, 6.45) is 10.7. The summed E-state index contributed by atoms with van der Waals surface area (Å²) in [5.74, 6) is 0.893. The second kappa shape index (κ2) is 13.1. The van der Waals surface area contributed by atoms with Crippen LogP contribution in [0, 0.1) is 12.7 Å². The van der Waals surface area contributed by atoms with Gasteiger partial charge >= 0.3 is 12.1 Å². The number of likely N-dealkylation sites (tertiary alicyclic amines) is 1. The minimum absolute atomic E-state index is 0.0257. The average molecular weight is 736 g/mol. The fourth-order valence-corrected chi connectivity index (χ4v) is 8.57. The first kappa shape index (κ1) is 34.7. The summed E-state index contributed by atoms with van der Waals surface area (Å²) in [4.78, 5) is 31.4. The first-order chi connectivity index (χ1) is 26.0. The van der Waals surface area contributed by atoms with E-state index in [2.05, 4.69) is 16.0 Å². The predicted octanol–water partition coefficient (Wildman–Crippen LogP) is 8.32. The normalized spacial score (nSPS) is 21.4. The maximum Gasteiger partial charge on any atom is 0.410 e. The molecule has 282 valence electrons. The van der Waals surface area contributed by atoms with Gasteiger partial charge in [0.25, 0.3) is 0 Å². The number of aromatic hydroxyl groups is 1. The van der Waals surface area contributed by atoms with E-state index >= 15 is 4.39 Å². The van der Waals surface area contributed by atoms with Crippen LogP contribution in [0.5, 0.6) is 17.5 Å².